The molecule has 0 unspecified atom stereocenters. The molecule has 1 aliphatic carbocycles. The van der Waals surface area contributed by atoms with Crippen molar-refractivity contribution in [2.24, 2.45) is 11.8 Å². The molecular formula is C34H46O5Si. The largest absolute Gasteiger partial charge is 0.462 e. The third kappa shape index (κ3) is 7.32. The molecule has 2 fully saturated rings. The van der Waals surface area contributed by atoms with Gasteiger partial charge in [-0.15, -0.1) is 0 Å². The van der Waals surface area contributed by atoms with Crippen molar-refractivity contribution < 1.29 is 23.5 Å². The van der Waals surface area contributed by atoms with Crippen LogP contribution in [-0.2, 0) is 18.7 Å². The zero-order valence-electron chi connectivity index (χ0n) is 25.0. The van der Waals surface area contributed by atoms with Crippen LogP contribution in [0.4, 0.5) is 0 Å². The minimum atomic E-state index is -1.97. The predicted molar refractivity (Wildman–Crippen MR) is 163 cm³/mol. The molecule has 0 spiro atoms. The van der Waals surface area contributed by atoms with E-state index >= 15 is 0 Å². The minimum Gasteiger partial charge on any atom is -0.462 e. The minimum absolute atomic E-state index is 0.00592. The van der Waals surface area contributed by atoms with Crippen molar-refractivity contribution in [2.45, 2.75) is 103 Å². The van der Waals surface area contributed by atoms with Crippen molar-refractivity contribution in [1.82, 2.24) is 0 Å². The summed E-state index contributed by atoms with van der Waals surface area (Å²) in [6.07, 6.45) is 9.09. The third-order valence-electron chi connectivity index (χ3n) is 8.93. The summed E-state index contributed by atoms with van der Waals surface area (Å²) in [5.41, 5.74) is 2.68. The van der Waals surface area contributed by atoms with Gasteiger partial charge in [-0.3, -0.25) is 4.79 Å². The van der Waals surface area contributed by atoms with Gasteiger partial charge in [0.05, 0.1) is 18.1 Å². The first-order chi connectivity index (χ1) is 19.0. The number of esters is 2. The number of rotatable bonds is 11. The predicted octanol–water partition coefficient (Wildman–Crippen LogP) is 8.36. The Hall–Kier alpha value is -2.70. The van der Waals surface area contributed by atoms with Gasteiger partial charge in [-0.25, -0.2) is 4.79 Å². The Labute approximate surface area is 241 Å². The molecule has 216 valence electrons. The molecule has 1 aliphatic heterocycles. The van der Waals surface area contributed by atoms with E-state index in [0.717, 1.165) is 30.4 Å². The van der Waals surface area contributed by atoms with Crippen LogP contribution in [0.15, 0.2) is 66.7 Å². The average molecular weight is 563 g/mol. The van der Waals surface area contributed by atoms with E-state index in [-0.39, 0.29) is 47.1 Å². The maximum absolute atomic E-state index is 13.2. The smallest absolute Gasteiger partial charge is 0.338 e. The zero-order chi connectivity index (χ0) is 28.9. The summed E-state index contributed by atoms with van der Waals surface area (Å²) in [4.78, 5) is 25.4. The monoisotopic (exact) mass is 562 g/mol. The first kappa shape index (κ1) is 30.3. The summed E-state index contributed by atoms with van der Waals surface area (Å²) in [5, 5.41) is 0.113. The molecule has 6 heteroatoms. The van der Waals surface area contributed by atoms with Gasteiger partial charge in [0, 0.05) is 18.3 Å². The second-order valence-electron chi connectivity index (χ2n) is 12.9. The Bertz CT molecular complexity index is 1170. The SMILES string of the molecule is CCCCC[C@@H](/C=C/[C@H]1[C@@H]2CC(=O)O[C@@H]2C[C@@H]1OC(=O)c1ccc(-c2ccccc2)cc1)O[Si](C)(C)C(C)(C)C. The summed E-state index contributed by atoms with van der Waals surface area (Å²) >= 11 is 0. The maximum atomic E-state index is 13.2. The molecular weight excluding hydrogens is 516 g/mol. The van der Waals surface area contributed by atoms with Crippen LogP contribution in [0.1, 0.15) is 76.6 Å². The number of ether oxygens (including phenoxy) is 2. The highest BCUT2D eigenvalue weighted by Crippen LogP contribution is 2.44. The normalized spacial score (nSPS) is 23.7. The molecule has 5 nitrogen and oxygen atoms in total. The highest BCUT2D eigenvalue weighted by Gasteiger charge is 2.51. The molecule has 1 saturated carbocycles. The van der Waals surface area contributed by atoms with Crippen LogP contribution < -0.4 is 0 Å². The number of hydrogen-bond acceptors (Lipinski definition) is 5. The summed E-state index contributed by atoms with van der Waals surface area (Å²) in [5.74, 6) is -0.565. The van der Waals surface area contributed by atoms with E-state index in [0.29, 0.717) is 18.4 Å². The lowest BCUT2D eigenvalue weighted by molar-refractivity contribution is -0.141. The van der Waals surface area contributed by atoms with E-state index in [2.05, 4.69) is 52.9 Å². The van der Waals surface area contributed by atoms with E-state index < -0.39 is 8.32 Å². The van der Waals surface area contributed by atoms with Gasteiger partial charge >= 0.3 is 11.9 Å². The number of carbonyl (C=O) groups is 2. The molecule has 0 N–H and O–H groups in total. The number of hydrogen-bond donors (Lipinski definition) is 0. The lowest BCUT2D eigenvalue weighted by Gasteiger charge is -2.39. The average Bonchev–Trinajstić information content (AvgIpc) is 3.42. The first-order valence-corrected chi connectivity index (χ1v) is 17.8. The zero-order valence-corrected chi connectivity index (χ0v) is 26.0. The molecule has 1 heterocycles. The number of fused-ring (bicyclic) bond motifs is 1. The van der Waals surface area contributed by atoms with Gasteiger partial charge in [0.15, 0.2) is 8.32 Å². The van der Waals surface area contributed by atoms with E-state index in [4.69, 9.17) is 13.9 Å². The maximum Gasteiger partial charge on any atom is 0.338 e. The van der Waals surface area contributed by atoms with Gasteiger partial charge in [-0.05, 0) is 47.8 Å². The molecule has 0 amide bonds. The van der Waals surface area contributed by atoms with Gasteiger partial charge in [-0.2, -0.15) is 0 Å². The van der Waals surface area contributed by atoms with E-state index in [1.807, 2.05) is 54.6 Å². The molecule has 2 aromatic carbocycles. The topological polar surface area (TPSA) is 61.8 Å². The second-order valence-corrected chi connectivity index (χ2v) is 17.7. The standard InChI is InChI=1S/C34H46O5Si/c1-7-8-10-15-27(39-40(5,6)34(2,3)4)20-21-28-29-22-32(35)37-31(29)23-30(28)38-33(36)26-18-16-25(17-19-26)24-13-11-9-12-14-24/h9,11-14,16-21,27-31H,7-8,10,15,22-23H2,1-6H3/b21-20+/t27-,28-,29-,30-,31+/m0/s1. The van der Waals surface area contributed by atoms with E-state index in [1.54, 1.807) is 0 Å². The fourth-order valence-electron chi connectivity index (χ4n) is 5.52. The van der Waals surface area contributed by atoms with Gasteiger partial charge in [0.2, 0.25) is 0 Å². The first-order valence-electron chi connectivity index (χ1n) is 14.9. The molecule has 2 aliphatic rings. The summed E-state index contributed by atoms with van der Waals surface area (Å²) in [6.45, 7) is 13.6. The number of benzene rings is 2. The van der Waals surface area contributed by atoms with Crippen molar-refractivity contribution in [1.29, 1.82) is 0 Å². The van der Waals surface area contributed by atoms with E-state index in [9.17, 15) is 9.59 Å². The van der Waals surface area contributed by atoms with Crippen molar-refractivity contribution in [3.8, 4) is 11.1 Å². The number of unbranched alkanes of at least 4 members (excludes halogenated alkanes) is 2. The van der Waals surface area contributed by atoms with Crippen LogP contribution >= 0.6 is 0 Å². The van der Waals surface area contributed by atoms with Gasteiger partial charge in [-0.1, -0.05) is 102 Å². The summed E-state index contributed by atoms with van der Waals surface area (Å²) in [6, 6.07) is 17.6. The second kappa shape index (κ2) is 12.9. The number of carbonyl (C=O) groups excluding carboxylic acids is 2. The van der Waals surface area contributed by atoms with Crippen molar-refractivity contribution in [2.75, 3.05) is 0 Å². The van der Waals surface area contributed by atoms with Crippen molar-refractivity contribution >= 4 is 20.3 Å². The Balaban J connectivity index is 1.50. The van der Waals surface area contributed by atoms with Crippen LogP contribution in [0.5, 0.6) is 0 Å². The molecule has 0 radical (unpaired) electrons. The lowest BCUT2D eigenvalue weighted by atomic mass is 9.91. The molecule has 0 aromatic heterocycles. The Morgan fingerprint density at radius 3 is 2.38 bits per heavy atom. The quantitative estimate of drug-likeness (QED) is 0.119. The summed E-state index contributed by atoms with van der Waals surface area (Å²) < 4.78 is 18.5. The molecule has 40 heavy (non-hydrogen) atoms. The van der Waals surface area contributed by atoms with Crippen LogP contribution in [0.3, 0.4) is 0 Å². The Morgan fingerprint density at radius 1 is 1.05 bits per heavy atom. The fraction of sp³-hybridized carbons (Fsp3) is 0.529. The van der Waals surface area contributed by atoms with Crippen molar-refractivity contribution in [3.63, 3.8) is 0 Å². The van der Waals surface area contributed by atoms with Gasteiger partial charge in [0.25, 0.3) is 0 Å². The molecule has 1 saturated heterocycles. The molecule has 0 bridgehead atoms. The van der Waals surface area contributed by atoms with E-state index in [1.165, 1.54) is 6.42 Å². The van der Waals surface area contributed by atoms with Crippen LogP contribution in [0.25, 0.3) is 11.1 Å². The third-order valence-corrected chi connectivity index (χ3v) is 13.4. The van der Waals surface area contributed by atoms with Gasteiger partial charge < -0.3 is 13.9 Å². The molecule has 2 aromatic rings. The fourth-order valence-corrected chi connectivity index (χ4v) is 6.83. The van der Waals surface area contributed by atoms with Crippen molar-refractivity contribution in [3.05, 3.63) is 72.3 Å². The van der Waals surface area contributed by atoms with Gasteiger partial charge in [0.1, 0.15) is 12.2 Å². The highest BCUT2D eigenvalue weighted by molar-refractivity contribution is 6.74. The Morgan fingerprint density at radius 2 is 1.73 bits per heavy atom. The summed E-state index contributed by atoms with van der Waals surface area (Å²) in [7, 11) is -1.97. The molecule has 4 rings (SSSR count). The van der Waals surface area contributed by atoms with Crippen LogP contribution in [-0.4, -0.2) is 38.6 Å². The van der Waals surface area contributed by atoms with Crippen LogP contribution in [0, 0.1) is 11.8 Å². The highest BCUT2D eigenvalue weighted by atomic mass is 28.4. The Kier molecular flexibility index (Phi) is 9.73. The van der Waals surface area contributed by atoms with Crippen LogP contribution in [0.2, 0.25) is 18.1 Å². The molecule has 5 atom stereocenters. The lowest BCUT2D eigenvalue weighted by Crippen LogP contribution is -2.43.